The molecule has 1 aliphatic carbocycles. The zero-order chi connectivity index (χ0) is 12.8. The van der Waals surface area contributed by atoms with Crippen LogP contribution in [0, 0.1) is 11.8 Å². The normalized spacial score (nSPS) is 14.4. The zero-order valence-electron chi connectivity index (χ0n) is 11.0. The first-order valence-electron chi connectivity index (χ1n) is 6.76. The number of hydrogen-bond acceptors (Lipinski definition) is 2. The maximum Gasteiger partial charge on any atom is 0.104 e. The number of aliphatic hydroxyl groups excluding tert-OH is 1. The third-order valence-corrected chi connectivity index (χ3v) is 3.20. The summed E-state index contributed by atoms with van der Waals surface area (Å²) < 4.78 is 0. The Hall–Kier alpha value is -1.30. The standard InChI is InChI=1S/C16H21NO/c1-2-10-17(16-8-9-16)13-15-6-3-5-14(12-15)7-4-11-18/h3,5-6,12,16,18H,2,8-11,13H2,1H3. The summed E-state index contributed by atoms with van der Waals surface area (Å²) >= 11 is 0. The van der Waals surface area contributed by atoms with Crippen LogP contribution in [0.5, 0.6) is 0 Å². The van der Waals surface area contributed by atoms with Gasteiger partial charge in [-0.25, -0.2) is 0 Å². The van der Waals surface area contributed by atoms with Gasteiger partial charge >= 0.3 is 0 Å². The molecule has 96 valence electrons. The molecule has 1 aromatic carbocycles. The van der Waals surface area contributed by atoms with Crippen molar-refractivity contribution in [3.63, 3.8) is 0 Å². The largest absolute Gasteiger partial charge is 0.384 e. The highest BCUT2D eigenvalue weighted by atomic mass is 16.2. The molecule has 1 fully saturated rings. The van der Waals surface area contributed by atoms with Crippen molar-refractivity contribution in [1.29, 1.82) is 0 Å². The summed E-state index contributed by atoms with van der Waals surface area (Å²) in [7, 11) is 0. The lowest BCUT2D eigenvalue weighted by Crippen LogP contribution is -2.26. The topological polar surface area (TPSA) is 23.5 Å². The van der Waals surface area contributed by atoms with Crippen molar-refractivity contribution in [2.45, 2.75) is 38.8 Å². The highest BCUT2D eigenvalue weighted by Gasteiger charge is 2.28. The molecule has 1 aromatic rings. The van der Waals surface area contributed by atoms with E-state index >= 15 is 0 Å². The Labute approximate surface area is 110 Å². The summed E-state index contributed by atoms with van der Waals surface area (Å²) in [5.41, 5.74) is 2.31. The van der Waals surface area contributed by atoms with Gasteiger partial charge < -0.3 is 5.11 Å². The van der Waals surface area contributed by atoms with Crippen LogP contribution in [-0.4, -0.2) is 29.2 Å². The van der Waals surface area contributed by atoms with Crippen molar-refractivity contribution in [3.8, 4) is 11.8 Å². The van der Waals surface area contributed by atoms with Crippen LogP contribution in [0.3, 0.4) is 0 Å². The molecular formula is C16H21NO. The predicted octanol–water partition coefficient (Wildman–Crippen LogP) is 2.40. The third kappa shape index (κ3) is 3.87. The Morgan fingerprint density at radius 1 is 1.39 bits per heavy atom. The van der Waals surface area contributed by atoms with E-state index < -0.39 is 0 Å². The zero-order valence-corrected chi connectivity index (χ0v) is 11.0. The van der Waals surface area contributed by atoms with E-state index in [9.17, 15) is 0 Å². The molecule has 1 N–H and O–H groups in total. The lowest BCUT2D eigenvalue weighted by molar-refractivity contribution is 0.255. The first kappa shape index (κ1) is 13.1. The number of benzene rings is 1. The number of aliphatic hydroxyl groups is 1. The molecule has 2 heteroatoms. The van der Waals surface area contributed by atoms with Gasteiger partial charge in [0.2, 0.25) is 0 Å². The molecule has 0 spiro atoms. The highest BCUT2D eigenvalue weighted by molar-refractivity contribution is 5.37. The molecule has 0 bridgehead atoms. The minimum atomic E-state index is -0.0751. The fraction of sp³-hybridized carbons (Fsp3) is 0.500. The number of rotatable bonds is 5. The molecule has 1 aliphatic rings. The molecule has 2 rings (SSSR count). The first-order valence-corrected chi connectivity index (χ1v) is 6.76. The summed E-state index contributed by atoms with van der Waals surface area (Å²) in [4.78, 5) is 2.57. The van der Waals surface area contributed by atoms with Crippen molar-refractivity contribution in [3.05, 3.63) is 35.4 Å². The third-order valence-electron chi connectivity index (χ3n) is 3.20. The van der Waals surface area contributed by atoms with Crippen molar-refractivity contribution in [2.75, 3.05) is 13.2 Å². The van der Waals surface area contributed by atoms with E-state index in [0.29, 0.717) is 0 Å². The van der Waals surface area contributed by atoms with Crippen LogP contribution >= 0.6 is 0 Å². The van der Waals surface area contributed by atoms with Gasteiger partial charge in [-0.2, -0.15) is 0 Å². The van der Waals surface area contributed by atoms with Crippen molar-refractivity contribution in [1.82, 2.24) is 4.90 Å². The van der Waals surface area contributed by atoms with E-state index in [0.717, 1.165) is 18.2 Å². The monoisotopic (exact) mass is 243 g/mol. The molecule has 0 aromatic heterocycles. The van der Waals surface area contributed by atoms with Crippen LogP contribution in [-0.2, 0) is 6.54 Å². The molecule has 0 heterocycles. The predicted molar refractivity (Wildman–Crippen MR) is 74.1 cm³/mol. The van der Waals surface area contributed by atoms with Crippen molar-refractivity contribution < 1.29 is 5.11 Å². The van der Waals surface area contributed by atoms with E-state index in [-0.39, 0.29) is 6.61 Å². The van der Waals surface area contributed by atoms with Crippen LogP contribution in [0.15, 0.2) is 24.3 Å². The van der Waals surface area contributed by atoms with Gasteiger partial charge in [0.05, 0.1) is 0 Å². The summed E-state index contributed by atoms with van der Waals surface area (Å²) in [6.07, 6.45) is 3.91. The van der Waals surface area contributed by atoms with Gasteiger partial charge in [0, 0.05) is 18.2 Å². The minimum Gasteiger partial charge on any atom is -0.384 e. The van der Waals surface area contributed by atoms with Crippen LogP contribution in [0.2, 0.25) is 0 Å². The quantitative estimate of drug-likeness (QED) is 0.803. The average molecular weight is 243 g/mol. The van der Waals surface area contributed by atoms with E-state index in [1.54, 1.807) is 0 Å². The SMILES string of the molecule is CCCN(Cc1cccc(C#CCO)c1)C1CC1. The summed E-state index contributed by atoms with van der Waals surface area (Å²) in [5, 5.41) is 8.71. The van der Waals surface area contributed by atoms with E-state index in [2.05, 4.69) is 35.8 Å². The molecule has 2 nitrogen and oxygen atoms in total. The first-order chi connectivity index (χ1) is 8.83. The highest BCUT2D eigenvalue weighted by Crippen LogP contribution is 2.28. The van der Waals surface area contributed by atoms with Gasteiger partial charge in [-0.05, 0) is 43.5 Å². The molecule has 0 unspecified atom stereocenters. The van der Waals surface area contributed by atoms with E-state index in [4.69, 9.17) is 5.11 Å². The lowest BCUT2D eigenvalue weighted by Gasteiger charge is -2.21. The summed E-state index contributed by atoms with van der Waals surface area (Å²) in [6.45, 7) is 4.36. The second-order valence-corrected chi connectivity index (χ2v) is 4.86. The molecule has 0 aliphatic heterocycles. The molecule has 1 saturated carbocycles. The second kappa shape index (κ2) is 6.58. The minimum absolute atomic E-state index is 0.0751. The van der Waals surface area contributed by atoms with Crippen LogP contribution in [0.1, 0.15) is 37.3 Å². The summed E-state index contributed by atoms with van der Waals surface area (Å²) in [5.74, 6) is 5.66. The Bertz CT molecular complexity index is 440. The average Bonchev–Trinajstić information content (AvgIpc) is 3.21. The lowest BCUT2D eigenvalue weighted by atomic mass is 10.1. The molecule has 0 radical (unpaired) electrons. The van der Waals surface area contributed by atoms with E-state index in [1.807, 2.05) is 12.1 Å². The number of nitrogens with zero attached hydrogens (tertiary/aromatic N) is 1. The molecule has 18 heavy (non-hydrogen) atoms. The van der Waals surface area contributed by atoms with Gasteiger partial charge in [0.15, 0.2) is 0 Å². The van der Waals surface area contributed by atoms with Crippen LogP contribution in [0.4, 0.5) is 0 Å². The van der Waals surface area contributed by atoms with Gasteiger partial charge in [-0.1, -0.05) is 30.9 Å². The second-order valence-electron chi connectivity index (χ2n) is 4.86. The maximum absolute atomic E-state index is 8.71. The Morgan fingerprint density at radius 2 is 2.22 bits per heavy atom. The molecule has 0 amide bonds. The Kier molecular flexibility index (Phi) is 4.81. The molecule has 0 atom stereocenters. The molecular weight excluding hydrogens is 222 g/mol. The van der Waals surface area contributed by atoms with Crippen LogP contribution < -0.4 is 0 Å². The van der Waals surface area contributed by atoms with Gasteiger partial charge in [0.25, 0.3) is 0 Å². The fourth-order valence-corrected chi connectivity index (χ4v) is 2.24. The van der Waals surface area contributed by atoms with E-state index in [1.165, 1.54) is 31.4 Å². The summed E-state index contributed by atoms with van der Waals surface area (Å²) in [6, 6.07) is 9.14. The maximum atomic E-state index is 8.71. The van der Waals surface area contributed by atoms with Gasteiger partial charge in [0.1, 0.15) is 6.61 Å². The Balaban J connectivity index is 2.03. The van der Waals surface area contributed by atoms with Crippen LogP contribution in [0.25, 0.3) is 0 Å². The van der Waals surface area contributed by atoms with Crippen molar-refractivity contribution in [2.24, 2.45) is 0 Å². The van der Waals surface area contributed by atoms with Gasteiger partial charge in [-0.15, -0.1) is 0 Å². The van der Waals surface area contributed by atoms with Crippen molar-refractivity contribution >= 4 is 0 Å². The Morgan fingerprint density at radius 3 is 2.89 bits per heavy atom. The van der Waals surface area contributed by atoms with Gasteiger partial charge in [-0.3, -0.25) is 4.90 Å². The fourth-order valence-electron chi connectivity index (χ4n) is 2.24. The number of hydrogen-bond donors (Lipinski definition) is 1. The molecule has 0 saturated heterocycles. The smallest absolute Gasteiger partial charge is 0.104 e.